The van der Waals surface area contributed by atoms with Crippen molar-refractivity contribution in [3.05, 3.63) is 12.7 Å². The zero-order valence-electron chi connectivity index (χ0n) is 12.5. The highest BCUT2D eigenvalue weighted by Crippen LogP contribution is 2.38. The fourth-order valence-electron chi connectivity index (χ4n) is 2.75. The number of nitrogens with zero attached hydrogens (tertiary/aromatic N) is 1. The summed E-state index contributed by atoms with van der Waals surface area (Å²) in [7, 11) is 0. The minimum atomic E-state index is -0.155. The Bertz CT molecular complexity index is 304. The van der Waals surface area contributed by atoms with Gasteiger partial charge in [-0.05, 0) is 53.4 Å². The second-order valence-electron chi connectivity index (χ2n) is 6.61. The van der Waals surface area contributed by atoms with Gasteiger partial charge >= 0.3 is 5.97 Å². The fourth-order valence-corrected chi connectivity index (χ4v) is 2.75. The van der Waals surface area contributed by atoms with Gasteiger partial charge in [0, 0.05) is 0 Å². The van der Waals surface area contributed by atoms with E-state index in [1.54, 1.807) is 6.08 Å². The Balaban J connectivity index is 2.78. The maximum atomic E-state index is 12.1. The zero-order valence-corrected chi connectivity index (χ0v) is 12.5. The molecule has 1 heterocycles. The van der Waals surface area contributed by atoms with Crippen molar-refractivity contribution in [2.75, 3.05) is 0 Å². The van der Waals surface area contributed by atoms with E-state index >= 15 is 0 Å². The van der Waals surface area contributed by atoms with E-state index in [0.29, 0.717) is 6.42 Å². The molecule has 1 saturated heterocycles. The number of carbonyl (C=O) groups excluding carboxylic acids is 1. The SMILES string of the molecule is C=CCC(C)C(=O)ON1C(C)(C)CCCC1(C)C. The second kappa shape index (κ2) is 5.43. The third-order valence-corrected chi connectivity index (χ3v) is 3.78. The maximum Gasteiger partial charge on any atom is 0.328 e. The van der Waals surface area contributed by atoms with Crippen LogP contribution < -0.4 is 0 Å². The van der Waals surface area contributed by atoms with Gasteiger partial charge in [0.1, 0.15) is 0 Å². The lowest BCUT2D eigenvalue weighted by atomic mass is 9.82. The molecule has 0 amide bonds. The van der Waals surface area contributed by atoms with E-state index in [4.69, 9.17) is 4.84 Å². The van der Waals surface area contributed by atoms with Crippen LogP contribution in [0.3, 0.4) is 0 Å². The number of hydroxylamine groups is 2. The summed E-state index contributed by atoms with van der Waals surface area (Å²) in [5.41, 5.74) is -0.184. The molecule has 0 spiro atoms. The van der Waals surface area contributed by atoms with E-state index in [1.165, 1.54) is 6.42 Å². The molecule has 3 nitrogen and oxygen atoms in total. The van der Waals surface area contributed by atoms with Gasteiger partial charge in [-0.25, -0.2) is 0 Å². The van der Waals surface area contributed by atoms with Gasteiger partial charge in [0.2, 0.25) is 0 Å². The zero-order chi connectivity index (χ0) is 14.0. The maximum absolute atomic E-state index is 12.1. The van der Waals surface area contributed by atoms with Gasteiger partial charge in [-0.1, -0.05) is 13.0 Å². The smallest absolute Gasteiger partial charge is 0.328 e. The van der Waals surface area contributed by atoms with Crippen molar-refractivity contribution in [1.29, 1.82) is 0 Å². The van der Waals surface area contributed by atoms with Crippen LogP contribution in [0.5, 0.6) is 0 Å². The van der Waals surface area contributed by atoms with E-state index in [9.17, 15) is 4.79 Å². The van der Waals surface area contributed by atoms with E-state index in [1.807, 2.05) is 12.0 Å². The van der Waals surface area contributed by atoms with Gasteiger partial charge in [0.15, 0.2) is 0 Å². The van der Waals surface area contributed by atoms with Gasteiger partial charge in [0.25, 0.3) is 0 Å². The van der Waals surface area contributed by atoms with Crippen LogP contribution >= 0.6 is 0 Å². The number of hydrogen-bond donors (Lipinski definition) is 0. The number of allylic oxidation sites excluding steroid dienone is 1. The summed E-state index contributed by atoms with van der Waals surface area (Å²) >= 11 is 0. The number of hydrogen-bond acceptors (Lipinski definition) is 3. The van der Waals surface area contributed by atoms with E-state index in [2.05, 4.69) is 34.3 Å². The molecule has 1 atom stereocenters. The molecule has 1 aliphatic rings. The van der Waals surface area contributed by atoms with Crippen molar-refractivity contribution in [2.24, 2.45) is 5.92 Å². The minimum absolute atomic E-state index is 0.0920. The van der Waals surface area contributed by atoms with E-state index < -0.39 is 0 Å². The number of carbonyl (C=O) groups is 1. The molecule has 1 aliphatic heterocycles. The predicted molar refractivity (Wildman–Crippen MR) is 73.9 cm³/mol. The van der Waals surface area contributed by atoms with Crippen LogP contribution in [0.1, 0.15) is 60.3 Å². The Labute approximate surface area is 111 Å². The molecule has 1 rings (SSSR count). The van der Waals surface area contributed by atoms with Crippen molar-refractivity contribution in [2.45, 2.75) is 71.4 Å². The molecule has 0 aliphatic carbocycles. The predicted octanol–water partition coefficient (Wildman–Crippen LogP) is 3.70. The summed E-state index contributed by atoms with van der Waals surface area (Å²) in [6.07, 6.45) is 5.71. The van der Waals surface area contributed by atoms with Gasteiger partial charge in [-0.2, -0.15) is 0 Å². The largest absolute Gasteiger partial charge is 0.367 e. The van der Waals surface area contributed by atoms with Crippen LogP contribution in [-0.4, -0.2) is 22.1 Å². The summed E-state index contributed by atoms with van der Waals surface area (Å²) in [6, 6.07) is 0. The van der Waals surface area contributed by atoms with Crippen LogP contribution in [0.2, 0.25) is 0 Å². The summed E-state index contributed by atoms with van der Waals surface area (Å²) in [5, 5.41) is 1.91. The molecule has 0 aromatic heterocycles. The van der Waals surface area contributed by atoms with Crippen LogP contribution in [0, 0.1) is 5.92 Å². The molecular formula is C15H27NO2. The normalized spacial score (nSPS) is 24.3. The molecule has 104 valence electrons. The topological polar surface area (TPSA) is 29.5 Å². The lowest BCUT2D eigenvalue weighted by Crippen LogP contribution is -2.59. The van der Waals surface area contributed by atoms with Crippen molar-refractivity contribution in [3.63, 3.8) is 0 Å². The number of piperidine rings is 1. The van der Waals surface area contributed by atoms with Crippen LogP contribution in [0.15, 0.2) is 12.7 Å². The van der Waals surface area contributed by atoms with Gasteiger partial charge < -0.3 is 4.84 Å². The van der Waals surface area contributed by atoms with Crippen LogP contribution in [0.25, 0.3) is 0 Å². The Morgan fingerprint density at radius 1 is 1.33 bits per heavy atom. The Morgan fingerprint density at radius 2 is 1.83 bits per heavy atom. The van der Waals surface area contributed by atoms with Crippen molar-refractivity contribution < 1.29 is 9.63 Å². The Morgan fingerprint density at radius 3 is 2.28 bits per heavy atom. The van der Waals surface area contributed by atoms with Crippen molar-refractivity contribution in [1.82, 2.24) is 5.06 Å². The lowest BCUT2D eigenvalue weighted by Gasteiger charge is -2.50. The monoisotopic (exact) mass is 253 g/mol. The highest BCUT2D eigenvalue weighted by molar-refractivity contribution is 5.72. The first-order valence-corrected chi connectivity index (χ1v) is 6.84. The summed E-state index contributed by atoms with van der Waals surface area (Å²) in [6.45, 7) is 14.1. The first kappa shape index (κ1) is 15.2. The highest BCUT2D eigenvalue weighted by atomic mass is 16.7. The molecule has 0 aromatic rings. The summed E-state index contributed by atoms with van der Waals surface area (Å²) < 4.78 is 0. The standard InChI is InChI=1S/C15H27NO2/c1-7-9-12(2)13(17)18-16-14(3,4)10-8-11-15(16,5)6/h7,12H,1,8-11H2,2-6H3. The molecule has 18 heavy (non-hydrogen) atoms. The van der Waals surface area contributed by atoms with Crippen LogP contribution in [-0.2, 0) is 9.63 Å². The molecule has 1 fully saturated rings. The third-order valence-electron chi connectivity index (χ3n) is 3.78. The van der Waals surface area contributed by atoms with Crippen LogP contribution in [0.4, 0.5) is 0 Å². The number of rotatable bonds is 4. The van der Waals surface area contributed by atoms with Gasteiger partial charge in [0.05, 0.1) is 17.0 Å². The second-order valence-corrected chi connectivity index (χ2v) is 6.61. The Kier molecular flexibility index (Phi) is 4.60. The molecule has 3 heteroatoms. The van der Waals surface area contributed by atoms with E-state index in [0.717, 1.165) is 12.8 Å². The molecular weight excluding hydrogens is 226 g/mol. The quantitative estimate of drug-likeness (QED) is 0.715. The Hall–Kier alpha value is -0.830. The summed E-state index contributed by atoms with van der Waals surface area (Å²) in [4.78, 5) is 17.7. The van der Waals surface area contributed by atoms with Gasteiger partial charge in [-0.15, -0.1) is 11.6 Å². The first-order valence-electron chi connectivity index (χ1n) is 6.84. The molecule has 0 aromatic carbocycles. The minimum Gasteiger partial charge on any atom is -0.367 e. The highest BCUT2D eigenvalue weighted by Gasteiger charge is 2.44. The first-order chi connectivity index (χ1) is 8.20. The average Bonchev–Trinajstić information content (AvgIpc) is 2.23. The molecule has 0 N–H and O–H groups in total. The molecule has 0 radical (unpaired) electrons. The van der Waals surface area contributed by atoms with Crippen molar-refractivity contribution in [3.8, 4) is 0 Å². The average molecular weight is 253 g/mol. The van der Waals surface area contributed by atoms with Gasteiger partial charge in [-0.3, -0.25) is 4.79 Å². The molecule has 0 bridgehead atoms. The third kappa shape index (κ3) is 3.35. The molecule has 1 unspecified atom stereocenters. The van der Waals surface area contributed by atoms with E-state index in [-0.39, 0.29) is 23.0 Å². The summed E-state index contributed by atoms with van der Waals surface area (Å²) in [5.74, 6) is -0.283. The fraction of sp³-hybridized carbons (Fsp3) is 0.800. The lowest BCUT2D eigenvalue weighted by molar-refractivity contribution is -0.268. The van der Waals surface area contributed by atoms with Crippen molar-refractivity contribution >= 4 is 5.97 Å². The molecule has 0 saturated carbocycles.